The summed E-state index contributed by atoms with van der Waals surface area (Å²) < 4.78 is 13.4. The first-order valence-corrected chi connectivity index (χ1v) is 14.0. The van der Waals surface area contributed by atoms with E-state index < -0.39 is 0 Å². The zero-order valence-electron chi connectivity index (χ0n) is 23.1. The molecule has 1 amide bonds. The Morgan fingerprint density at radius 2 is 1.74 bits per heavy atom. The molecule has 1 N–H and O–H groups in total. The first-order chi connectivity index (χ1) is 19.1. The Labute approximate surface area is 231 Å². The first-order valence-electron chi connectivity index (χ1n) is 14.0. The Morgan fingerprint density at radius 1 is 1.00 bits per heavy atom. The van der Waals surface area contributed by atoms with Gasteiger partial charge in [0.15, 0.2) is 0 Å². The fourth-order valence-corrected chi connectivity index (χ4v) is 5.38. The fraction of sp³-hybridized carbons (Fsp3) is 0.364. The van der Waals surface area contributed by atoms with E-state index in [1.165, 1.54) is 27.6 Å². The molecule has 0 aliphatic carbocycles. The highest BCUT2D eigenvalue weighted by molar-refractivity contribution is 5.86. The molecule has 39 heavy (non-hydrogen) atoms. The number of aryl methyl sites for hydroxylation is 1. The summed E-state index contributed by atoms with van der Waals surface area (Å²) >= 11 is 0. The number of amides is 1. The molecule has 1 aliphatic heterocycles. The Kier molecular flexibility index (Phi) is 8.96. The van der Waals surface area contributed by atoms with Crippen molar-refractivity contribution in [2.24, 2.45) is 0 Å². The van der Waals surface area contributed by atoms with Crippen LogP contribution in [-0.4, -0.2) is 61.4 Å². The summed E-state index contributed by atoms with van der Waals surface area (Å²) in [5.41, 5.74) is 5.97. The van der Waals surface area contributed by atoms with Crippen molar-refractivity contribution < 1.29 is 14.3 Å². The van der Waals surface area contributed by atoms with Crippen LogP contribution in [0.2, 0.25) is 0 Å². The van der Waals surface area contributed by atoms with Crippen LogP contribution in [0.4, 0.5) is 0 Å². The van der Waals surface area contributed by atoms with Gasteiger partial charge in [-0.2, -0.15) is 0 Å². The molecule has 1 saturated heterocycles. The molecule has 1 aliphatic rings. The van der Waals surface area contributed by atoms with Crippen LogP contribution in [0.15, 0.2) is 79.0 Å². The lowest BCUT2D eigenvalue weighted by atomic mass is 9.88. The fourth-order valence-electron chi connectivity index (χ4n) is 5.38. The van der Waals surface area contributed by atoms with E-state index in [2.05, 4.69) is 88.6 Å². The molecule has 0 spiro atoms. The number of morpholine rings is 1. The third kappa shape index (κ3) is 6.88. The molecule has 1 aromatic heterocycles. The van der Waals surface area contributed by atoms with Crippen LogP contribution in [0.25, 0.3) is 10.9 Å². The molecular weight excluding hydrogens is 486 g/mol. The predicted octanol–water partition coefficient (Wildman–Crippen LogP) is 5.37. The van der Waals surface area contributed by atoms with Crippen molar-refractivity contribution >= 4 is 16.8 Å². The second-order valence-electron chi connectivity index (χ2n) is 10.3. The van der Waals surface area contributed by atoms with Crippen molar-refractivity contribution in [2.75, 3.05) is 46.0 Å². The minimum absolute atomic E-state index is 0.0671. The highest BCUT2D eigenvalue weighted by Crippen LogP contribution is 2.36. The maximum atomic E-state index is 13.3. The summed E-state index contributed by atoms with van der Waals surface area (Å²) in [5, 5.41) is 4.36. The molecule has 0 bridgehead atoms. The van der Waals surface area contributed by atoms with Gasteiger partial charge >= 0.3 is 0 Å². The summed E-state index contributed by atoms with van der Waals surface area (Å²) in [4.78, 5) is 15.6. The average Bonchev–Trinajstić information content (AvgIpc) is 3.32. The number of hydrogen-bond donors (Lipinski definition) is 1. The molecule has 1 fully saturated rings. The van der Waals surface area contributed by atoms with Crippen LogP contribution in [0.1, 0.15) is 41.5 Å². The number of nitrogens with one attached hydrogen (secondary N) is 1. The Hall–Kier alpha value is -3.61. The van der Waals surface area contributed by atoms with Crippen LogP contribution in [0.5, 0.6) is 5.75 Å². The van der Waals surface area contributed by atoms with Gasteiger partial charge in [-0.3, -0.25) is 9.69 Å². The predicted molar refractivity (Wildman–Crippen MR) is 157 cm³/mol. The van der Waals surface area contributed by atoms with Gasteiger partial charge < -0.3 is 19.4 Å². The van der Waals surface area contributed by atoms with E-state index in [9.17, 15) is 4.79 Å². The maximum Gasteiger partial charge on any atom is 0.220 e. The molecule has 6 heteroatoms. The molecule has 2 heterocycles. The van der Waals surface area contributed by atoms with Crippen molar-refractivity contribution in [1.29, 1.82) is 0 Å². The molecule has 5 rings (SSSR count). The van der Waals surface area contributed by atoms with Gasteiger partial charge in [0, 0.05) is 62.2 Å². The molecule has 0 saturated carbocycles. The van der Waals surface area contributed by atoms with Gasteiger partial charge in [-0.1, -0.05) is 60.2 Å². The van der Waals surface area contributed by atoms with E-state index in [1.54, 1.807) is 0 Å². The summed E-state index contributed by atoms with van der Waals surface area (Å²) in [6.45, 7) is 10.4. The lowest BCUT2D eigenvalue weighted by Gasteiger charge is -2.26. The molecule has 1 atom stereocenters. The van der Waals surface area contributed by atoms with E-state index >= 15 is 0 Å². The van der Waals surface area contributed by atoms with Gasteiger partial charge in [0.2, 0.25) is 5.91 Å². The molecule has 0 unspecified atom stereocenters. The number of ether oxygens (including phenoxy) is 2. The lowest BCUT2D eigenvalue weighted by Crippen LogP contribution is -2.41. The van der Waals surface area contributed by atoms with E-state index in [1.807, 2.05) is 19.1 Å². The van der Waals surface area contributed by atoms with Gasteiger partial charge in [0.05, 0.1) is 19.8 Å². The zero-order chi connectivity index (χ0) is 27.0. The monoisotopic (exact) mass is 525 g/mol. The van der Waals surface area contributed by atoms with E-state index in [0.717, 1.165) is 50.7 Å². The van der Waals surface area contributed by atoms with Crippen LogP contribution < -0.4 is 10.1 Å². The number of carbonyl (C=O) groups is 1. The van der Waals surface area contributed by atoms with Gasteiger partial charge in [-0.25, -0.2) is 0 Å². The molecule has 6 nitrogen and oxygen atoms in total. The number of fused-ring (bicyclic) bond motifs is 1. The Bertz CT molecular complexity index is 1360. The quantitative estimate of drug-likeness (QED) is 0.286. The van der Waals surface area contributed by atoms with Gasteiger partial charge in [-0.05, 0) is 48.7 Å². The average molecular weight is 526 g/mol. The first kappa shape index (κ1) is 27.0. The number of para-hydroxylation sites is 1. The van der Waals surface area contributed by atoms with Crippen LogP contribution in [0, 0.1) is 6.92 Å². The molecule has 204 valence electrons. The van der Waals surface area contributed by atoms with Crippen molar-refractivity contribution in [3.63, 3.8) is 0 Å². The van der Waals surface area contributed by atoms with Crippen molar-refractivity contribution in [3.05, 3.63) is 101 Å². The minimum Gasteiger partial charge on any atom is -0.494 e. The highest BCUT2D eigenvalue weighted by Gasteiger charge is 2.23. The number of hydrogen-bond acceptors (Lipinski definition) is 4. The number of benzene rings is 3. The van der Waals surface area contributed by atoms with E-state index in [0.29, 0.717) is 19.6 Å². The largest absolute Gasteiger partial charge is 0.494 e. The van der Waals surface area contributed by atoms with Crippen molar-refractivity contribution in [2.45, 2.75) is 32.7 Å². The number of rotatable bonds is 11. The van der Waals surface area contributed by atoms with Gasteiger partial charge in [0.25, 0.3) is 0 Å². The van der Waals surface area contributed by atoms with Crippen LogP contribution in [-0.2, 0) is 16.1 Å². The van der Waals surface area contributed by atoms with E-state index in [-0.39, 0.29) is 11.8 Å². The molecule has 0 radical (unpaired) electrons. The Balaban J connectivity index is 1.42. The van der Waals surface area contributed by atoms with Gasteiger partial charge in [-0.15, -0.1) is 0 Å². The van der Waals surface area contributed by atoms with Crippen LogP contribution in [0.3, 0.4) is 0 Å². The smallest absolute Gasteiger partial charge is 0.220 e. The summed E-state index contributed by atoms with van der Waals surface area (Å²) in [6, 6.07) is 25.4. The topological polar surface area (TPSA) is 55.7 Å². The second-order valence-corrected chi connectivity index (χ2v) is 10.3. The Morgan fingerprint density at radius 3 is 2.49 bits per heavy atom. The minimum atomic E-state index is -0.0757. The summed E-state index contributed by atoms with van der Waals surface area (Å²) in [6.07, 6.45) is 2.63. The SMILES string of the molecule is CCOc1ccc([C@H](CC(=O)NCCN2CCOCC2)c2cn(Cc3ccc(C)cc3)c3ccccc23)cc1. The molecule has 4 aromatic rings. The summed E-state index contributed by atoms with van der Waals surface area (Å²) in [5.74, 6) is 0.836. The van der Waals surface area contributed by atoms with E-state index in [4.69, 9.17) is 9.47 Å². The molecule has 3 aromatic carbocycles. The zero-order valence-corrected chi connectivity index (χ0v) is 23.1. The third-order valence-electron chi connectivity index (χ3n) is 7.51. The number of nitrogens with zero attached hydrogens (tertiary/aromatic N) is 2. The highest BCUT2D eigenvalue weighted by atomic mass is 16.5. The maximum absolute atomic E-state index is 13.3. The standard InChI is InChI=1S/C33H39N3O3/c1-3-39-28-14-12-27(13-15-28)30(22-33(37)34-16-17-35-18-20-38-21-19-35)31-24-36(32-7-5-4-6-29(31)32)23-26-10-8-25(2)9-11-26/h4-15,24,30H,3,16-23H2,1-2H3,(H,34,37)/t30-/m0/s1. The second kappa shape index (κ2) is 13.0. The lowest BCUT2D eigenvalue weighted by molar-refractivity contribution is -0.121. The van der Waals surface area contributed by atoms with Crippen LogP contribution >= 0.6 is 0 Å². The third-order valence-corrected chi connectivity index (χ3v) is 7.51. The molecular formula is C33H39N3O3. The van der Waals surface area contributed by atoms with Crippen molar-refractivity contribution in [3.8, 4) is 5.75 Å². The van der Waals surface area contributed by atoms with Gasteiger partial charge in [0.1, 0.15) is 5.75 Å². The number of carbonyl (C=O) groups excluding carboxylic acids is 1. The summed E-state index contributed by atoms with van der Waals surface area (Å²) in [7, 11) is 0. The normalized spacial score (nSPS) is 14.8. The van der Waals surface area contributed by atoms with Crippen molar-refractivity contribution in [1.82, 2.24) is 14.8 Å². The number of aromatic nitrogens is 1.